The number of anilines is 1. The molecule has 2 aromatic rings. The SMILES string of the molecule is C[C@H]1CCCN(CC(=O)Nc2cc(Cl)ccc2-n2cncn2)C1. The number of benzene rings is 1. The van der Waals surface area contributed by atoms with Crippen molar-refractivity contribution in [3.63, 3.8) is 0 Å². The molecule has 0 aliphatic carbocycles. The first-order chi connectivity index (χ1) is 11.1. The van der Waals surface area contributed by atoms with E-state index in [1.807, 2.05) is 6.07 Å². The molecule has 1 saturated heterocycles. The number of aromatic nitrogens is 3. The zero-order valence-corrected chi connectivity index (χ0v) is 13.8. The Hall–Kier alpha value is -1.92. The van der Waals surface area contributed by atoms with Crippen molar-refractivity contribution in [3.8, 4) is 5.69 Å². The number of halogens is 1. The standard InChI is InChI=1S/C16H20ClN5O/c1-12-3-2-6-21(8-12)9-16(23)20-14-7-13(17)4-5-15(14)22-11-18-10-19-22/h4-5,7,10-12H,2-3,6,8-9H2,1H3,(H,20,23)/t12-/m0/s1. The van der Waals surface area contributed by atoms with E-state index in [0.29, 0.717) is 23.2 Å². The zero-order chi connectivity index (χ0) is 16.2. The third-order valence-electron chi connectivity index (χ3n) is 4.01. The van der Waals surface area contributed by atoms with Gasteiger partial charge >= 0.3 is 0 Å². The summed E-state index contributed by atoms with van der Waals surface area (Å²) in [5.74, 6) is 0.608. The predicted molar refractivity (Wildman–Crippen MR) is 89.8 cm³/mol. The molecule has 23 heavy (non-hydrogen) atoms. The lowest BCUT2D eigenvalue weighted by atomic mass is 10.0. The summed E-state index contributed by atoms with van der Waals surface area (Å²) in [5.41, 5.74) is 1.38. The number of hydrogen-bond acceptors (Lipinski definition) is 4. The second-order valence-electron chi connectivity index (χ2n) is 6.03. The number of nitrogens with zero attached hydrogens (tertiary/aromatic N) is 4. The molecule has 1 N–H and O–H groups in total. The van der Waals surface area contributed by atoms with Crippen LogP contribution >= 0.6 is 11.6 Å². The fourth-order valence-electron chi connectivity index (χ4n) is 2.96. The van der Waals surface area contributed by atoms with Gasteiger partial charge in [-0.25, -0.2) is 9.67 Å². The van der Waals surface area contributed by atoms with Gasteiger partial charge in [0.15, 0.2) is 0 Å². The summed E-state index contributed by atoms with van der Waals surface area (Å²) < 4.78 is 1.61. The molecule has 3 rings (SSSR count). The highest BCUT2D eigenvalue weighted by molar-refractivity contribution is 6.31. The molecule has 1 aliphatic rings. The van der Waals surface area contributed by atoms with Gasteiger partial charge in [0.25, 0.3) is 0 Å². The molecule has 1 aromatic carbocycles. The Morgan fingerprint density at radius 3 is 3.09 bits per heavy atom. The number of amides is 1. The minimum atomic E-state index is -0.0391. The second-order valence-corrected chi connectivity index (χ2v) is 6.47. The normalized spacial score (nSPS) is 18.8. The van der Waals surface area contributed by atoms with Gasteiger partial charge in [0, 0.05) is 11.6 Å². The quantitative estimate of drug-likeness (QED) is 0.934. The molecule has 0 saturated carbocycles. The van der Waals surface area contributed by atoms with E-state index in [-0.39, 0.29) is 5.91 Å². The average Bonchev–Trinajstić information content (AvgIpc) is 3.01. The van der Waals surface area contributed by atoms with Gasteiger partial charge in [0.2, 0.25) is 5.91 Å². The van der Waals surface area contributed by atoms with Crippen molar-refractivity contribution in [3.05, 3.63) is 35.9 Å². The molecule has 1 atom stereocenters. The summed E-state index contributed by atoms with van der Waals surface area (Å²) in [5, 5.41) is 7.62. The van der Waals surface area contributed by atoms with Gasteiger partial charge in [-0.2, -0.15) is 5.10 Å². The highest BCUT2D eigenvalue weighted by Crippen LogP contribution is 2.24. The van der Waals surface area contributed by atoms with Crippen LogP contribution in [0, 0.1) is 5.92 Å². The summed E-state index contributed by atoms with van der Waals surface area (Å²) in [6.45, 7) is 4.57. The third-order valence-corrected chi connectivity index (χ3v) is 4.24. The Morgan fingerprint density at radius 1 is 1.48 bits per heavy atom. The lowest BCUT2D eigenvalue weighted by molar-refractivity contribution is -0.117. The molecule has 2 heterocycles. The van der Waals surface area contributed by atoms with E-state index < -0.39 is 0 Å². The minimum Gasteiger partial charge on any atom is -0.323 e. The Bertz CT molecular complexity index is 673. The summed E-state index contributed by atoms with van der Waals surface area (Å²) in [6, 6.07) is 5.31. The smallest absolute Gasteiger partial charge is 0.238 e. The second kappa shape index (κ2) is 7.10. The van der Waals surface area contributed by atoms with Crippen LogP contribution in [0.4, 0.5) is 5.69 Å². The van der Waals surface area contributed by atoms with E-state index in [4.69, 9.17) is 11.6 Å². The molecule has 0 radical (unpaired) electrons. The molecular formula is C16H20ClN5O. The van der Waals surface area contributed by atoms with Crippen LogP contribution < -0.4 is 5.32 Å². The fourth-order valence-corrected chi connectivity index (χ4v) is 3.14. The van der Waals surface area contributed by atoms with Gasteiger partial charge < -0.3 is 5.32 Å². The van der Waals surface area contributed by atoms with Crippen LogP contribution in [0.5, 0.6) is 0 Å². The van der Waals surface area contributed by atoms with E-state index in [1.165, 1.54) is 12.7 Å². The minimum absolute atomic E-state index is 0.0391. The van der Waals surface area contributed by atoms with Crippen LogP contribution in [0.25, 0.3) is 5.69 Å². The Kier molecular flexibility index (Phi) is 4.93. The first-order valence-corrected chi connectivity index (χ1v) is 8.16. The number of carbonyl (C=O) groups excluding carboxylic acids is 1. The Labute approximate surface area is 140 Å². The number of nitrogens with one attached hydrogen (secondary N) is 1. The summed E-state index contributed by atoms with van der Waals surface area (Å²) in [6.07, 6.45) is 5.43. The lowest BCUT2D eigenvalue weighted by Gasteiger charge is -2.30. The summed E-state index contributed by atoms with van der Waals surface area (Å²) in [7, 11) is 0. The van der Waals surface area contributed by atoms with Crippen molar-refractivity contribution in [2.45, 2.75) is 19.8 Å². The van der Waals surface area contributed by atoms with Crippen molar-refractivity contribution >= 4 is 23.2 Å². The number of hydrogen-bond donors (Lipinski definition) is 1. The molecule has 6 nitrogen and oxygen atoms in total. The molecule has 1 fully saturated rings. The molecule has 7 heteroatoms. The van der Waals surface area contributed by atoms with E-state index >= 15 is 0 Å². The van der Waals surface area contributed by atoms with Crippen molar-refractivity contribution in [2.75, 3.05) is 25.0 Å². The fraction of sp³-hybridized carbons (Fsp3) is 0.438. The van der Waals surface area contributed by atoms with Crippen molar-refractivity contribution in [1.82, 2.24) is 19.7 Å². The molecule has 122 valence electrons. The van der Waals surface area contributed by atoms with Gasteiger partial charge in [-0.15, -0.1) is 0 Å². The predicted octanol–water partition coefficient (Wildman–Crippen LogP) is 2.59. The van der Waals surface area contributed by atoms with Gasteiger partial charge in [-0.1, -0.05) is 18.5 Å². The van der Waals surface area contributed by atoms with Gasteiger partial charge in [-0.3, -0.25) is 9.69 Å². The monoisotopic (exact) mass is 333 g/mol. The highest BCUT2D eigenvalue weighted by atomic mass is 35.5. The van der Waals surface area contributed by atoms with Gasteiger partial charge in [-0.05, 0) is 43.5 Å². The Balaban J connectivity index is 1.72. The molecule has 0 spiro atoms. The highest BCUT2D eigenvalue weighted by Gasteiger charge is 2.19. The van der Waals surface area contributed by atoms with Crippen LogP contribution in [0.3, 0.4) is 0 Å². The number of likely N-dealkylation sites (tertiary alicyclic amines) is 1. The molecule has 1 amide bonds. The van der Waals surface area contributed by atoms with Crippen LogP contribution in [0.15, 0.2) is 30.9 Å². The van der Waals surface area contributed by atoms with E-state index in [9.17, 15) is 4.79 Å². The van der Waals surface area contributed by atoms with Crippen molar-refractivity contribution in [2.24, 2.45) is 5.92 Å². The third kappa shape index (κ3) is 4.09. The number of carbonyl (C=O) groups is 1. The van der Waals surface area contributed by atoms with Crippen molar-refractivity contribution in [1.29, 1.82) is 0 Å². The molecule has 0 bridgehead atoms. The summed E-state index contributed by atoms with van der Waals surface area (Å²) in [4.78, 5) is 18.5. The van der Waals surface area contributed by atoms with E-state index in [0.717, 1.165) is 25.2 Å². The van der Waals surface area contributed by atoms with Crippen LogP contribution in [0.2, 0.25) is 5.02 Å². The maximum absolute atomic E-state index is 12.4. The molecule has 0 unspecified atom stereocenters. The largest absolute Gasteiger partial charge is 0.323 e. The summed E-state index contributed by atoms with van der Waals surface area (Å²) >= 11 is 6.07. The zero-order valence-electron chi connectivity index (χ0n) is 13.1. The van der Waals surface area contributed by atoms with Gasteiger partial charge in [0.1, 0.15) is 12.7 Å². The number of rotatable bonds is 4. The van der Waals surface area contributed by atoms with Crippen LogP contribution in [0.1, 0.15) is 19.8 Å². The van der Waals surface area contributed by atoms with Crippen LogP contribution in [-0.4, -0.2) is 45.2 Å². The van der Waals surface area contributed by atoms with Gasteiger partial charge in [0.05, 0.1) is 17.9 Å². The van der Waals surface area contributed by atoms with E-state index in [1.54, 1.807) is 23.1 Å². The first-order valence-electron chi connectivity index (χ1n) is 7.78. The first kappa shape index (κ1) is 16.0. The maximum atomic E-state index is 12.4. The average molecular weight is 334 g/mol. The van der Waals surface area contributed by atoms with Crippen molar-refractivity contribution < 1.29 is 4.79 Å². The molecular weight excluding hydrogens is 314 g/mol. The topological polar surface area (TPSA) is 63.1 Å². The number of piperidine rings is 1. The lowest BCUT2D eigenvalue weighted by Crippen LogP contribution is -2.39. The van der Waals surface area contributed by atoms with E-state index in [2.05, 4.69) is 27.2 Å². The Morgan fingerprint density at radius 2 is 2.35 bits per heavy atom. The maximum Gasteiger partial charge on any atom is 0.238 e. The molecule has 1 aliphatic heterocycles. The van der Waals surface area contributed by atoms with Crippen LogP contribution in [-0.2, 0) is 4.79 Å². The molecule has 1 aromatic heterocycles.